The van der Waals surface area contributed by atoms with Gasteiger partial charge in [-0.15, -0.1) is 0 Å². The van der Waals surface area contributed by atoms with Crippen LogP contribution in [0.1, 0.15) is 5.56 Å². The summed E-state index contributed by atoms with van der Waals surface area (Å²) in [6, 6.07) is 7.90. The molecular formula is C11H16FNO. The van der Waals surface area contributed by atoms with E-state index in [0.29, 0.717) is 6.54 Å². The summed E-state index contributed by atoms with van der Waals surface area (Å²) in [6.45, 7) is 1.62. The average Bonchev–Trinajstić information content (AvgIpc) is 2.17. The number of anilines is 1. The molecule has 0 spiro atoms. The van der Waals surface area contributed by atoms with Crippen LogP contribution in [0, 0.1) is 6.92 Å². The van der Waals surface area contributed by atoms with Crippen LogP contribution >= 0.6 is 0 Å². The van der Waals surface area contributed by atoms with E-state index in [-0.39, 0.29) is 0 Å². The van der Waals surface area contributed by atoms with Crippen molar-refractivity contribution in [2.45, 2.75) is 13.0 Å². The number of hydrogen-bond acceptors (Lipinski definition) is 2. The summed E-state index contributed by atoms with van der Waals surface area (Å²) in [4.78, 5) is 1.84. The van der Waals surface area contributed by atoms with Crippen molar-refractivity contribution in [2.24, 2.45) is 0 Å². The first-order valence-corrected chi connectivity index (χ1v) is 4.65. The third-order valence-corrected chi connectivity index (χ3v) is 2.11. The van der Waals surface area contributed by atoms with Gasteiger partial charge in [0, 0.05) is 19.3 Å². The number of hydrogen-bond donors (Lipinski definition) is 1. The Bertz CT molecular complexity index is 290. The molecule has 0 aliphatic heterocycles. The predicted molar refractivity (Wildman–Crippen MR) is 56.4 cm³/mol. The molecule has 0 saturated carbocycles. The van der Waals surface area contributed by atoms with Crippen molar-refractivity contribution < 1.29 is 9.50 Å². The van der Waals surface area contributed by atoms with Crippen LogP contribution in [0.15, 0.2) is 24.3 Å². The van der Waals surface area contributed by atoms with Crippen LogP contribution in [-0.2, 0) is 0 Å². The number of aryl methyl sites for hydroxylation is 1. The van der Waals surface area contributed by atoms with E-state index in [1.54, 1.807) is 0 Å². The second-order valence-electron chi connectivity index (χ2n) is 3.53. The molecule has 0 saturated heterocycles. The molecule has 0 radical (unpaired) electrons. The van der Waals surface area contributed by atoms with Crippen LogP contribution in [-0.4, -0.2) is 31.5 Å². The Hall–Kier alpha value is -1.09. The second kappa shape index (κ2) is 4.96. The molecule has 1 rings (SSSR count). The monoisotopic (exact) mass is 197 g/mol. The number of benzene rings is 1. The molecule has 1 atom stereocenters. The predicted octanol–water partition coefficient (Wildman–Crippen LogP) is 1.76. The van der Waals surface area contributed by atoms with Crippen LogP contribution in [0.25, 0.3) is 0 Å². The van der Waals surface area contributed by atoms with Gasteiger partial charge in [-0.25, -0.2) is 4.39 Å². The number of rotatable bonds is 4. The largest absolute Gasteiger partial charge is 0.389 e. The highest BCUT2D eigenvalue weighted by atomic mass is 19.1. The third-order valence-electron chi connectivity index (χ3n) is 2.11. The number of nitrogens with zero attached hydrogens (tertiary/aromatic N) is 1. The fraction of sp³-hybridized carbons (Fsp3) is 0.455. The zero-order valence-corrected chi connectivity index (χ0v) is 8.57. The fourth-order valence-corrected chi connectivity index (χ4v) is 1.34. The van der Waals surface area contributed by atoms with Crippen molar-refractivity contribution in [1.82, 2.24) is 0 Å². The molecule has 0 aliphatic carbocycles. The van der Waals surface area contributed by atoms with E-state index in [4.69, 9.17) is 5.11 Å². The molecule has 1 unspecified atom stereocenters. The molecule has 2 nitrogen and oxygen atoms in total. The van der Waals surface area contributed by atoms with E-state index in [0.717, 1.165) is 11.3 Å². The Kier molecular flexibility index (Phi) is 3.89. The van der Waals surface area contributed by atoms with Crippen molar-refractivity contribution >= 4 is 5.69 Å². The van der Waals surface area contributed by atoms with Gasteiger partial charge in [-0.2, -0.15) is 0 Å². The summed E-state index contributed by atoms with van der Waals surface area (Å²) in [6.07, 6.45) is -0.902. The second-order valence-corrected chi connectivity index (χ2v) is 3.53. The topological polar surface area (TPSA) is 23.5 Å². The molecule has 14 heavy (non-hydrogen) atoms. The van der Waals surface area contributed by atoms with Crippen molar-refractivity contribution in [2.75, 3.05) is 25.2 Å². The van der Waals surface area contributed by atoms with Gasteiger partial charge < -0.3 is 10.0 Å². The number of likely N-dealkylation sites (N-methyl/N-ethyl adjacent to an activating group) is 1. The molecule has 0 fully saturated rings. The molecular weight excluding hydrogens is 181 g/mol. The van der Waals surface area contributed by atoms with E-state index in [1.807, 2.05) is 43.1 Å². The van der Waals surface area contributed by atoms with Crippen LogP contribution in [0.3, 0.4) is 0 Å². The zero-order valence-electron chi connectivity index (χ0n) is 8.57. The number of halogens is 1. The average molecular weight is 197 g/mol. The maximum atomic E-state index is 12.1. The minimum atomic E-state index is -0.902. The first kappa shape index (κ1) is 11.0. The molecule has 0 amide bonds. The molecule has 1 aromatic rings. The van der Waals surface area contributed by atoms with Crippen LogP contribution in [0.4, 0.5) is 10.1 Å². The van der Waals surface area contributed by atoms with Gasteiger partial charge in [0.25, 0.3) is 0 Å². The maximum Gasteiger partial charge on any atom is 0.117 e. The Morgan fingerprint density at radius 3 is 2.79 bits per heavy atom. The minimum Gasteiger partial charge on any atom is -0.389 e. The SMILES string of the molecule is Cc1cccc(N(C)CC(O)CF)c1. The summed E-state index contributed by atoms with van der Waals surface area (Å²) < 4.78 is 12.1. The van der Waals surface area contributed by atoms with Gasteiger partial charge in [-0.1, -0.05) is 12.1 Å². The van der Waals surface area contributed by atoms with Gasteiger partial charge >= 0.3 is 0 Å². The van der Waals surface area contributed by atoms with Gasteiger partial charge in [-0.3, -0.25) is 0 Å². The Morgan fingerprint density at radius 1 is 1.50 bits per heavy atom. The van der Waals surface area contributed by atoms with E-state index < -0.39 is 12.8 Å². The lowest BCUT2D eigenvalue weighted by atomic mass is 10.2. The normalized spacial score (nSPS) is 12.6. The molecule has 0 aromatic heterocycles. The molecule has 0 bridgehead atoms. The first-order valence-electron chi connectivity index (χ1n) is 4.65. The van der Waals surface area contributed by atoms with Gasteiger partial charge in [0.2, 0.25) is 0 Å². The van der Waals surface area contributed by atoms with Gasteiger partial charge in [0.05, 0.1) is 6.10 Å². The van der Waals surface area contributed by atoms with E-state index in [1.165, 1.54) is 0 Å². The highest BCUT2D eigenvalue weighted by molar-refractivity contribution is 5.47. The lowest BCUT2D eigenvalue weighted by Crippen LogP contribution is -2.30. The molecule has 0 heterocycles. The highest BCUT2D eigenvalue weighted by Crippen LogP contribution is 2.14. The number of aliphatic hydroxyl groups excluding tert-OH is 1. The smallest absolute Gasteiger partial charge is 0.117 e. The molecule has 0 aliphatic rings. The summed E-state index contributed by atoms with van der Waals surface area (Å²) in [5, 5.41) is 9.14. The molecule has 3 heteroatoms. The minimum absolute atomic E-state index is 0.319. The zero-order chi connectivity index (χ0) is 10.6. The fourth-order valence-electron chi connectivity index (χ4n) is 1.34. The number of alkyl halides is 1. The van der Waals surface area contributed by atoms with Crippen molar-refractivity contribution in [3.8, 4) is 0 Å². The number of aliphatic hydroxyl groups is 1. The Morgan fingerprint density at radius 2 is 2.21 bits per heavy atom. The summed E-state index contributed by atoms with van der Waals surface area (Å²) >= 11 is 0. The van der Waals surface area contributed by atoms with Gasteiger partial charge in [-0.05, 0) is 24.6 Å². The van der Waals surface area contributed by atoms with Crippen LogP contribution < -0.4 is 4.90 Å². The quantitative estimate of drug-likeness (QED) is 0.795. The Balaban J connectivity index is 2.64. The van der Waals surface area contributed by atoms with Crippen LogP contribution in [0.5, 0.6) is 0 Å². The Labute approximate surface area is 84.0 Å². The highest BCUT2D eigenvalue weighted by Gasteiger charge is 2.07. The first-order chi connectivity index (χ1) is 6.63. The van der Waals surface area contributed by atoms with Crippen molar-refractivity contribution in [1.29, 1.82) is 0 Å². The lowest BCUT2D eigenvalue weighted by molar-refractivity contribution is 0.146. The van der Waals surface area contributed by atoms with E-state index >= 15 is 0 Å². The van der Waals surface area contributed by atoms with Gasteiger partial charge in [0.15, 0.2) is 0 Å². The van der Waals surface area contributed by atoms with Crippen molar-refractivity contribution in [3.63, 3.8) is 0 Å². The molecule has 78 valence electrons. The van der Waals surface area contributed by atoms with Crippen LogP contribution in [0.2, 0.25) is 0 Å². The van der Waals surface area contributed by atoms with E-state index in [2.05, 4.69) is 0 Å². The summed E-state index contributed by atoms with van der Waals surface area (Å²) in [7, 11) is 1.84. The summed E-state index contributed by atoms with van der Waals surface area (Å²) in [5.74, 6) is 0. The molecule has 1 aromatic carbocycles. The third kappa shape index (κ3) is 3.00. The lowest BCUT2D eigenvalue weighted by Gasteiger charge is -2.21. The standard InChI is InChI=1S/C11H16FNO/c1-9-4-3-5-10(6-9)13(2)8-11(14)7-12/h3-6,11,14H,7-8H2,1-2H3. The van der Waals surface area contributed by atoms with Crippen molar-refractivity contribution in [3.05, 3.63) is 29.8 Å². The van der Waals surface area contributed by atoms with E-state index in [9.17, 15) is 4.39 Å². The molecule has 1 N–H and O–H groups in total. The van der Waals surface area contributed by atoms with Gasteiger partial charge in [0.1, 0.15) is 6.67 Å². The maximum absolute atomic E-state index is 12.1. The summed E-state index contributed by atoms with van der Waals surface area (Å²) in [5.41, 5.74) is 2.15.